The average molecular weight is 1010 g/mol. The van der Waals surface area contributed by atoms with Gasteiger partial charge in [-0.3, -0.25) is 0 Å². The van der Waals surface area contributed by atoms with Gasteiger partial charge in [0.2, 0.25) is 0 Å². The Labute approximate surface area is 453 Å². The number of furan rings is 2. The second kappa shape index (κ2) is 16.9. The van der Waals surface area contributed by atoms with Gasteiger partial charge in [0, 0.05) is 89.0 Å². The Hall–Kier alpha value is -10.6. The summed E-state index contributed by atoms with van der Waals surface area (Å²) in [7, 11) is 0. The summed E-state index contributed by atoms with van der Waals surface area (Å²) in [5, 5.41) is 14.0. The molecule has 13 aromatic carbocycles. The van der Waals surface area contributed by atoms with E-state index >= 15 is 0 Å². The zero-order chi connectivity index (χ0) is 51.7. The molecule has 0 fully saturated rings. The van der Waals surface area contributed by atoms with Crippen LogP contribution in [0.25, 0.3) is 126 Å². The molecule has 0 unspecified atom stereocenters. The predicted molar refractivity (Wildman–Crippen MR) is 331 cm³/mol. The molecule has 0 atom stereocenters. The molecule has 0 spiro atoms. The van der Waals surface area contributed by atoms with E-state index in [1.807, 2.05) is 18.2 Å². The summed E-state index contributed by atoms with van der Waals surface area (Å²) in [5.41, 5.74) is 18.0. The molecule has 4 heterocycles. The van der Waals surface area contributed by atoms with Gasteiger partial charge in [0.25, 0.3) is 0 Å². The van der Waals surface area contributed by atoms with Gasteiger partial charge in [-0.1, -0.05) is 170 Å². The van der Waals surface area contributed by atoms with Gasteiger partial charge in [0.15, 0.2) is 0 Å². The van der Waals surface area contributed by atoms with Crippen LogP contribution in [0.2, 0.25) is 0 Å². The van der Waals surface area contributed by atoms with Crippen LogP contribution in [0.4, 0.5) is 34.1 Å². The molecule has 368 valence electrons. The first-order chi connectivity index (χ1) is 39.1. The highest BCUT2D eigenvalue weighted by molar-refractivity contribution is 6.31. The van der Waals surface area contributed by atoms with Crippen molar-refractivity contribution in [3.63, 3.8) is 0 Å². The van der Waals surface area contributed by atoms with Gasteiger partial charge >= 0.3 is 0 Å². The number of hydrogen-bond acceptors (Lipinski definition) is 4. The van der Waals surface area contributed by atoms with Crippen LogP contribution in [0.15, 0.2) is 282 Å². The van der Waals surface area contributed by atoms with Crippen molar-refractivity contribution in [3.05, 3.63) is 273 Å². The fourth-order valence-corrected chi connectivity index (χ4v) is 12.8. The minimum Gasteiger partial charge on any atom is -0.456 e. The lowest BCUT2D eigenvalue weighted by Gasteiger charge is -2.27. The van der Waals surface area contributed by atoms with Gasteiger partial charge in [-0.05, 0) is 129 Å². The Bertz CT molecular complexity index is 5250. The number of nitrogens with zero attached hydrogens (tertiary/aromatic N) is 3. The third-order valence-corrected chi connectivity index (χ3v) is 16.4. The molecular weight excluding hydrogens is 963 g/mol. The molecule has 79 heavy (non-hydrogen) atoms. The van der Waals surface area contributed by atoms with Crippen LogP contribution >= 0.6 is 0 Å². The first kappa shape index (κ1) is 43.6. The number of benzene rings is 13. The summed E-state index contributed by atoms with van der Waals surface area (Å²) in [6, 6.07) is 98.9. The third kappa shape index (κ3) is 6.70. The standard InChI is InChI=1S/C74H45N3O2/c1-3-13-46(14-4-1)48-23-29-53(30-24-48)75(56-34-37-61-59-19-9-11-21-68(59)78-70(61)44-56)55-33-27-51-42-65-63-39-40-66(72-64-36-28-50-17-7-8-18-58(50)73(64)77(74(63)72)67(65)43-52(51)41-55)76(54-31-25-49(26-32-54)47-15-5-2-6-16-47)57-35-38-62-60-20-10-12-22-69(60)79-71(62)45-57/h1-45H. The first-order valence-electron chi connectivity index (χ1n) is 27.0. The lowest BCUT2D eigenvalue weighted by atomic mass is 10.00. The quantitative estimate of drug-likeness (QED) is 0.152. The predicted octanol–water partition coefficient (Wildman–Crippen LogP) is 21.2. The number of para-hydroxylation sites is 2. The molecule has 5 heteroatoms. The maximum Gasteiger partial charge on any atom is 0.137 e. The van der Waals surface area contributed by atoms with Crippen molar-refractivity contribution in [2.45, 2.75) is 0 Å². The summed E-state index contributed by atoms with van der Waals surface area (Å²) in [6.45, 7) is 0. The average Bonchev–Trinajstić information content (AvgIpc) is 4.46. The van der Waals surface area contributed by atoms with Crippen molar-refractivity contribution in [2.75, 3.05) is 9.80 Å². The molecule has 5 nitrogen and oxygen atoms in total. The van der Waals surface area contributed by atoms with Crippen LogP contribution in [0.5, 0.6) is 0 Å². The summed E-state index contributed by atoms with van der Waals surface area (Å²) in [5.74, 6) is 0. The van der Waals surface area contributed by atoms with Gasteiger partial charge in [-0.2, -0.15) is 0 Å². The van der Waals surface area contributed by atoms with E-state index in [1.165, 1.54) is 71.0 Å². The van der Waals surface area contributed by atoms with Gasteiger partial charge in [0.05, 0.1) is 22.2 Å². The highest BCUT2D eigenvalue weighted by atomic mass is 16.3. The molecule has 0 bridgehead atoms. The maximum atomic E-state index is 6.60. The maximum absolute atomic E-state index is 6.60. The molecule has 0 N–H and O–H groups in total. The van der Waals surface area contributed by atoms with Crippen molar-refractivity contribution >= 4 is 138 Å². The van der Waals surface area contributed by atoms with Crippen molar-refractivity contribution in [1.82, 2.24) is 4.40 Å². The van der Waals surface area contributed by atoms with E-state index in [4.69, 9.17) is 8.83 Å². The van der Waals surface area contributed by atoms with E-state index in [2.05, 4.69) is 269 Å². The molecule has 0 radical (unpaired) electrons. The molecule has 4 aromatic heterocycles. The lowest BCUT2D eigenvalue weighted by Crippen LogP contribution is -2.10. The normalized spacial score (nSPS) is 12.1. The van der Waals surface area contributed by atoms with Crippen molar-refractivity contribution < 1.29 is 8.83 Å². The second-order valence-electron chi connectivity index (χ2n) is 20.8. The minimum atomic E-state index is 0.853. The molecule has 0 saturated carbocycles. The molecule has 0 aliphatic rings. The van der Waals surface area contributed by atoms with Crippen LogP contribution < -0.4 is 9.80 Å². The Kier molecular flexibility index (Phi) is 9.35. The number of anilines is 6. The van der Waals surface area contributed by atoms with Gasteiger partial charge < -0.3 is 23.0 Å². The molecule has 0 saturated heterocycles. The van der Waals surface area contributed by atoms with Gasteiger partial charge in [-0.25, -0.2) is 0 Å². The lowest BCUT2D eigenvalue weighted by molar-refractivity contribution is 0.668. The van der Waals surface area contributed by atoms with Crippen molar-refractivity contribution in [2.24, 2.45) is 0 Å². The van der Waals surface area contributed by atoms with Gasteiger partial charge in [-0.15, -0.1) is 0 Å². The zero-order valence-electron chi connectivity index (χ0n) is 42.6. The number of hydrogen-bond donors (Lipinski definition) is 0. The molecule has 0 amide bonds. The Morgan fingerprint density at radius 1 is 0.253 bits per heavy atom. The van der Waals surface area contributed by atoms with E-state index in [0.717, 1.165) is 88.9 Å². The monoisotopic (exact) mass is 1010 g/mol. The SMILES string of the molecule is c1ccc(-c2ccc(N(c3ccc4cc5c6ccc(N(c7ccc(-c8ccccc8)cc7)c7ccc8c(c7)oc7ccccc78)c7c8ccc9ccccc9c8n(c5cc4c3)c67)c3ccc4c(c3)oc3ccccc34)cc2)cc1. The molecule has 17 aromatic rings. The molecule has 0 aliphatic heterocycles. The highest BCUT2D eigenvalue weighted by Gasteiger charge is 2.27. The third-order valence-electron chi connectivity index (χ3n) is 16.4. The molecule has 17 rings (SSSR count). The number of rotatable bonds is 8. The van der Waals surface area contributed by atoms with E-state index in [1.54, 1.807) is 0 Å². The van der Waals surface area contributed by atoms with E-state index in [9.17, 15) is 0 Å². The van der Waals surface area contributed by atoms with Crippen LogP contribution in [-0.2, 0) is 0 Å². The molecular formula is C74H45N3O2. The summed E-state index contributed by atoms with van der Waals surface area (Å²) in [6.07, 6.45) is 0. The van der Waals surface area contributed by atoms with Crippen molar-refractivity contribution in [1.29, 1.82) is 0 Å². The van der Waals surface area contributed by atoms with Crippen molar-refractivity contribution in [3.8, 4) is 22.3 Å². The second-order valence-corrected chi connectivity index (χ2v) is 20.8. The Balaban J connectivity index is 0.891. The summed E-state index contributed by atoms with van der Waals surface area (Å²) >= 11 is 0. The fraction of sp³-hybridized carbons (Fsp3) is 0. The summed E-state index contributed by atoms with van der Waals surface area (Å²) in [4.78, 5) is 4.78. The Morgan fingerprint density at radius 2 is 0.722 bits per heavy atom. The summed E-state index contributed by atoms with van der Waals surface area (Å²) < 4.78 is 15.7. The van der Waals surface area contributed by atoms with Crippen LogP contribution in [0.1, 0.15) is 0 Å². The number of aromatic nitrogens is 1. The molecule has 0 aliphatic carbocycles. The first-order valence-corrected chi connectivity index (χ1v) is 27.0. The van der Waals surface area contributed by atoms with Crippen LogP contribution in [0.3, 0.4) is 0 Å². The van der Waals surface area contributed by atoms with E-state index in [-0.39, 0.29) is 0 Å². The van der Waals surface area contributed by atoms with E-state index in [0.29, 0.717) is 0 Å². The largest absolute Gasteiger partial charge is 0.456 e. The number of fused-ring (bicyclic) bond motifs is 15. The van der Waals surface area contributed by atoms with E-state index < -0.39 is 0 Å². The fourth-order valence-electron chi connectivity index (χ4n) is 12.8. The topological polar surface area (TPSA) is 37.2 Å². The minimum absolute atomic E-state index is 0.853. The highest BCUT2D eigenvalue weighted by Crippen LogP contribution is 2.50. The zero-order valence-corrected chi connectivity index (χ0v) is 42.6. The smallest absolute Gasteiger partial charge is 0.137 e. The Morgan fingerprint density at radius 3 is 1.37 bits per heavy atom. The van der Waals surface area contributed by atoms with Crippen LogP contribution in [-0.4, -0.2) is 4.40 Å². The van der Waals surface area contributed by atoms with Crippen LogP contribution in [0, 0.1) is 0 Å². The van der Waals surface area contributed by atoms with Gasteiger partial charge in [0.1, 0.15) is 22.3 Å².